The van der Waals surface area contributed by atoms with E-state index in [1.54, 1.807) is 7.11 Å². The van der Waals surface area contributed by atoms with Gasteiger partial charge in [0.05, 0.1) is 24.9 Å². The summed E-state index contributed by atoms with van der Waals surface area (Å²) in [6, 6.07) is 10.4. The summed E-state index contributed by atoms with van der Waals surface area (Å²) in [5.41, 5.74) is 2.14. The quantitative estimate of drug-likeness (QED) is 0.867. The minimum absolute atomic E-state index is 0.138. The summed E-state index contributed by atoms with van der Waals surface area (Å²) < 4.78 is 10.8. The van der Waals surface area contributed by atoms with Gasteiger partial charge in [0.1, 0.15) is 5.76 Å². The lowest BCUT2D eigenvalue weighted by Gasteiger charge is -2.17. The fraction of sp³-hybridized carbons (Fsp3) is 0.400. The zero-order chi connectivity index (χ0) is 13.7. The van der Waals surface area contributed by atoms with Crippen molar-refractivity contribution in [2.24, 2.45) is 0 Å². The van der Waals surface area contributed by atoms with Crippen LogP contribution in [0.1, 0.15) is 29.0 Å². The third-order valence-corrected chi connectivity index (χ3v) is 3.11. The Kier molecular flexibility index (Phi) is 4.71. The van der Waals surface area contributed by atoms with Crippen molar-refractivity contribution >= 4 is 0 Å². The van der Waals surface area contributed by atoms with E-state index in [1.165, 1.54) is 5.56 Å². The van der Waals surface area contributed by atoms with E-state index < -0.39 is 0 Å². The predicted molar refractivity (Wildman–Crippen MR) is 73.9 cm³/mol. The summed E-state index contributed by atoms with van der Waals surface area (Å²) in [5, 5.41) is 3.41. The third kappa shape index (κ3) is 3.66. The number of aromatic nitrogens is 1. The van der Waals surface area contributed by atoms with Gasteiger partial charge >= 0.3 is 0 Å². The van der Waals surface area contributed by atoms with Crippen LogP contribution in [0.15, 0.2) is 34.7 Å². The van der Waals surface area contributed by atoms with Crippen molar-refractivity contribution in [1.29, 1.82) is 0 Å². The summed E-state index contributed by atoms with van der Waals surface area (Å²) in [6.07, 6.45) is 0. The van der Waals surface area contributed by atoms with Crippen molar-refractivity contribution in [3.8, 4) is 0 Å². The summed E-state index contributed by atoms with van der Waals surface area (Å²) in [7, 11) is 1.71. The third-order valence-electron chi connectivity index (χ3n) is 3.11. The summed E-state index contributed by atoms with van der Waals surface area (Å²) >= 11 is 0. The van der Waals surface area contributed by atoms with Gasteiger partial charge in [-0.15, -0.1) is 0 Å². The predicted octanol–water partition coefficient (Wildman–Crippen LogP) is 2.77. The first-order valence-electron chi connectivity index (χ1n) is 6.41. The number of methoxy groups -OCH3 is 1. The zero-order valence-electron chi connectivity index (χ0n) is 11.6. The maximum atomic E-state index is 5.56. The van der Waals surface area contributed by atoms with Crippen LogP contribution in [-0.2, 0) is 11.3 Å². The molecule has 0 bridgehead atoms. The number of benzene rings is 1. The monoisotopic (exact) mass is 260 g/mol. The number of nitrogens with one attached hydrogen (secondary N) is 1. The number of aryl methyl sites for hydroxylation is 2. The van der Waals surface area contributed by atoms with Gasteiger partial charge < -0.3 is 9.15 Å². The molecule has 0 aliphatic rings. The molecule has 0 aliphatic heterocycles. The largest absolute Gasteiger partial charge is 0.444 e. The summed E-state index contributed by atoms with van der Waals surface area (Å²) in [6.45, 7) is 5.09. The van der Waals surface area contributed by atoms with E-state index in [2.05, 4.69) is 22.4 Å². The molecule has 102 valence electrons. The Morgan fingerprint density at radius 2 is 2.00 bits per heavy atom. The van der Waals surface area contributed by atoms with Crippen LogP contribution in [0.25, 0.3) is 0 Å². The number of nitrogens with zero attached hydrogens (tertiary/aromatic N) is 1. The highest BCUT2D eigenvalue weighted by Crippen LogP contribution is 2.14. The molecule has 0 spiro atoms. The number of oxazole rings is 1. The van der Waals surface area contributed by atoms with Crippen molar-refractivity contribution in [3.63, 3.8) is 0 Å². The van der Waals surface area contributed by atoms with Crippen LogP contribution in [0.3, 0.4) is 0 Å². The topological polar surface area (TPSA) is 47.3 Å². The van der Waals surface area contributed by atoms with Crippen molar-refractivity contribution in [3.05, 3.63) is 53.2 Å². The normalized spacial score (nSPS) is 12.6. The van der Waals surface area contributed by atoms with E-state index in [-0.39, 0.29) is 6.04 Å². The number of rotatable bonds is 6. The van der Waals surface area contributed by atoms with E-state index in [9.17, 15) is 0 Å². The molecule has 1 atom stereocenters. The smallest absolute Gasteiger partial charge is 0.208 e. The highest BCUT2D eigenvalue weighted by atomic mass is 16.5. The van der Waals surface area contributed by atoms with Crippen LogP contribution < -0.4 is 5.32 Å². The van der Waals surface area contributed by atoms with Gasteiger partial charge in [-0.05, 0) is 19.4 Å². The molecule has 19 heavy (non-hydrogen) atoms. The van der Waals surface area contributed by atoms with Gasteiger partial charge in [-0.2, -0.15) is 0 Å². The molecule has 0 fully saturated rings. The first-order valence-corrected chi connectivity index (χ1v) is 6.41. The Bertz CT molecular complexity index is 489. The van der Waals surface area contributed by atoms with Crippen molar-refractivity contribution in [2.45, 2.75) is 26.4 Å². The average Bonchev–Trinajstić information content (AvgIpc) is 2.75. The minimum Gasteiger partial charge on any atom is -0.444 e. The fourth-order valence-corrected chi connectivity index (χ4v) is 1.95. The van der Waals surface area contributed by atoms with Crippen LogP contribution >= 0.6 is 0 Å². The second kappa shape index (κ2) is 6.50. The molecule has 1 N–H and O–H groups in total. The Balaban J connectivity index is 2.01. The second-order valence-corrected chi connectivity index (χ2v) is 4.55. The molecule has 0 saturated heterocycles. The summed E-state index contributed by atoms with van der Waals surface area (Å²) in [4.78, 5) is 4.37. The van der Waals surface area contributed by atoms with Gasteiger partial charge in [0, 0.05) is 7.11 Å². The fourth-order valence-electron chi connectivity index (χ4n) is 1.95. The van der Waals surface area contributed by atoms with E-state index >= 15 is 0 Å². The minimum atomic E-state index is 0.138. The van der Waals surface area contributed by atoms with Gasteiger partial charge in [-0.3, -0.25) is 5.32 Å². The standard InChI is InChI=1S/C15H20N2O2/c1-11-12(2)19-15(17-11)9-16-14(10-18-3)13-7-5-4-6-8-13/h4-8,14,16H,9-10H2,1-3H3. The molecule has 4 nitrogen and oxygen atoms in total. The van der Waals surface area contributed by atoms with Crippen LogP contribution in [0, 0.1) is 13.8 Å². The Labute approximate surface area is 113 Å². The van der Waals surface area contributed by atoms with Crippen LogP contribution in [0.5, 0.6) is 0 Å². The molecule has 1 aromatic heterocycles. The molecule has 2 rings (SSSR count). The molecule has 0 saturated carbocycles. The average molecular weight is 260 g/mol. The Hall–Kier alpha value is -1.65. The SMILES string of the molecule is COCC(NCc1nc(C)c(C)o1)c1ccccc1. The van der Waals surface area contributed by atoms with Gasteiger partial charge in [-0.1, -0.05) is 30.3 Å². The lowest BCUT2D eigenvalue weighted by Crippen LogP contribution is -2.25. The molecule has 0 radical (unpaired) electrons. The van der Waals surface area contributed by atoms with E-state index in [1.807, 2.05) is 32.0 Å². The first-order chi connectivity index (χ1) is 9.20. The molecule has 1 unspecified atom stereocenters. The molecular weight excluding hydrogens is 240 g/mol. The molecule has 1 aromatic carbocycles. The van der Waals surface area contributed by atoms with Gasteiger partial charge in [0.2, 0.25) is 5.89 Å². The van der Waals surface area contributed by atoms with Crippen LogP contribution in [0.4, 0.5) is 0 Å². The van der Waals surface area contributed by atoms with Gasteiger partial charge in [0.15, 0.2) is 0 Å². The molecule has 2 aromatic rings. The summed E-state index contributed by atoms with van der Waals surface area (Å²) in [5.74, 6) is 1.59. The Morgan fingerprint density at radius 3 is 2.58 bits per heavy atom. The molecule has 0 amide bonds. The lowest BCUT2D eigenvalue weighted by molar-refractivity contribution is 0.164. The van der Waals surface area contributed by atoms with Gasteiger partial charge in [-0.25, -0.2) is 4.98 Å². The van der Waals surface area contributed by atoms with Gasteiger partial charge in [0.25, 0.3) is 0 Å². The number of ether oxygens (including phenoxy) is 1. The van der Waals surface area contributed by atoms with Crippen molar-refractivity contribution in [1.82, 2.24) is 10.3 Å². The Morgan fingerprint density at radius 1 is 1.26 bits per heavy atom. The van der Waals surface area contributed by atoms with E-state index in [0.29, 0.717) is 19.0 Å². The molecular formula is C15H20N2O2. The number of hydrogen-bond acceptors (Lipinski definition) is 4. The highest BCUT2D eigenvalue weighted by Gasteiger charge is 2.12. The molecule has 4 heteroatoms. The molecule has 1 heterocycles. The maximum absolute atomic E-state index is 5.56. The van der Waals surface area contributed by atoms with Crippen molar-refractivity contribution < 1.29 is 9.15 Å². The highest BCUT2D eigenvalue weighted by molar-refractivity contribution is 5.19. The van der Waals surface area contributed by atoms with E-state index in [4.69, 9.17) is 9.15 Å². The zero-order valence-corrected chi connectivity index (χ0v) is 11.6. The molecule has 0 aliphatic carbocycles. The van der Waals surface area contributed by atoms with E-state index in [0.717, 1.165) is 11.5 Å². The number of hydrogen-bond donors (Lipinski definition) is 1. The second-order valence-electron chi connectivity index (χ2n) is 4.55. The lowest BCUT2D eigenvalue weighted by atomic mass is 10.1. The van der Waals surface area contributed by atoms with Crippen molar-refractivity contribution in [2.75, 3.05) is 13.7 Å². The first kappa shape index (κ1) is 13.8. The van der Waals surface area contributed by atoms with Crippen LogP contribution in [0.2, 0.25) is 0 Å². The maximum Gasteiger partial charge on any atom is 0.208 e. The van der Waals surface area contributed by atoms with Crippen LogP contribution in [-0.4, -0.2) is 18.7 Å².